The lowest BCUT2D eigenvalue weighted by atomic mass is 10.1. The highest BCUT2D eigenvalue weighted by Crippen LogP contribution is 2.39. The Morgan fingerprint density at radius 1 is 0.323 bits per heavy atom. The van der Waals surface area contributed by atoms with Crippen LogP contribution < -0.4 is 42.5 Å². The van der Waals surface area contributed by atoms with Crippen LogP contribution in [-0.2, 0) is 14.4 Å². The highest BCUT2D eigenvalue weighted by atomic mass is 127. The molecule has 3 aromatic carbocycles. The molecule has 24 N–H and O–H groups in total. The Kier molecular flexibility index (Phi) is 37.9. The fourth-order valence-electron chi connectivity index (χ4n) is 7.46. The SMILES string of the molecule is O=C(NCCN(CC(O)CNC(=O)c1c(I)c(NC(=O)C(O)C(O)CO)c(I)c(C(=O)NCC(O)CO)c1I)C(=O)c1c(I)c(NC(=O)C(O)C(O)CO)c(I)c(C(=O)NCC(O)CO)c1I)c1c(I)c(NC(=O)C(O)C(O)CO)c(I)c(C(=O)NCC(O)CO)c1I. The van der Waals surface area contributed by atoms with Gasteiger partial charge in [-0.2, -0.15) is 0 Å². The topological polar surface area (TPSA) is 577 Å². The maximum absolute atomic E-state index is 15.4. The molecule has 0 aromatic heterocycles. The quantitative estimate of drug-likeness (QED) is 0.0249. The molecule has 0 radical (unpaired) electrons. The van der Waals surface area contributed by atoms with E-state index in [-0.39, 0.29) is 77.0 Å². The number of benzene rings is 3. The van der Waals surface area contributed by atoms with E-state index in [1.165, 1.54) is 0 Å². The molecule has 3 aromatic rings. The lowest BCUT2D eigenvalue weighted by Gasteiger charge is -2.28. The molecule has 0 heterocycles. The van der Waals surface area contributed by atoms with E-state index in [9.17, 15) is 120 Å². The van der Waals surface area contributed by atoms with Crippen molar-refractivity contribution in [3.05, 3.63) is 65.5 Å². The molecule has 10 unspecified atom stereocenters. The van der Waals surface area contributed by atoms with Gasteiger partial charge in [0, 0.05) is 56.5 Å². The van der Waals surface area contributed by atoms with Gasteiger partial charge in [-0.1, -0.05) is 0 Å². The summed E-state index contributed by atoms with van der Waals surface area (Å²) < 4.78 is -0.915. The molecule has 518 valence electrons. The van der Waals surface area contributed by atoms with E-state index >= 15 is 4.79 Å². The molecule has 93 heavy (non-hydrogen) atoms. The van der Waals surface area contributed by atoms with Gasteiger partial charge in [0.2, 0.25) is 0 Å². The number of carbonyl (C=O) groups excluding carboxylic acids is 9. The zero-order valence-electron chi connectivity index (χ0n) is 47.1. The van der Waals surface area contributed by atoms with Crippen molar-refractivity contribution in [3.8, 4) is 0 Å². The van der Waals surface area contributed by atoms with Gasteiger partial charge in [0.15, 0.2) is 18.3 Å². The zero-order chi connectivity index (χ0) is 70.8. The van der Waals surface area contributed by atoms with Crippen molar-refractivity contribution in [2.24, 2.45) is 0 Å². The Hall–Kier alpha value is -1.18. The molecule has 0 aliphatic carbocycles. The van der Waals surface area contributed by atoms with Gasteiger partial charge in [-0.05, 0) is 203 Å². The molecule has 3 rings (SSSR count). The van der Waals surface area contributed by atoms with Crippen LogP contribution in [0.3, 0.4) is 0 Å². The van der Waals surface area contributed by atoms with Gasteiger partial charge < -0.3 is 129 Å². The summed E-state index contributed by atoms with van der Waals surface area (Å²) in [5.41, 5.74) is -2.94. The summed E-state index contributed by atoms with van der Waals surface area (Å²) in [6.45, 7) is -9.98. The molecule has 34 nitrogen and oxygen atoms in total. The Morgan fingerprint density at radius 2 is 0.559 bits per heavy atom. The lowest BCUT2D eigenvalue weighted by Crippen LogP contribution is -2.46. The fourth-order valence-corrected chi connectivity index (χ4v) is 20.7. The van der Waals surface area contributed by atoms with Crippen LogP contribution >= 0.6 is 203 Å². The average molecular weight is 2330 g/mol. The van der Waals surface area contributed by atoms with Gasteiger partial charge in [-0.15, -0.1) is 0 Å². The van der Waals surface area contributed by atoms with Crippen molar-refractivity contribution < 1.29 is 125 Å². The number of aliphatic hydroxyl groups is 16. The van der Waals surface area contributed by atoms with Crippen molar-refractivity contribution in [2.45, 2.75) is 61.0 Å². The number of halogens is 9. The first-order valence-electron chi connectivity index (χ1n) is 26.2. The van der Waals surface area contributed by atoms with Crippen LogP contribution in [0, 0.1) is 32.1 Å². The van der Waals surface area contributed by atoms with Crippen molar-refractivity contribution >= 4 is 274 Å². The first-order valence-corrected chi connectivity index (χ1v) is 36.0. The van der Waals surface area contributed by atoms with Crippen LogP contribution in [0.4, 0.5) is 17.1 Å². The van der Waals surface area contributed by atoms with E-state index in [4.69, 9.17) is 0 Å². The van der Waals surface area contributed by atoms with Crippen molar-refractivity contribution in [2.75, 3.05) is 101 Å². The second-order valence-corrected chi connectivity index (χ2v) is 29.0. The van der Waals surface area contributed by atoms with Gasteiger partial charge in [0.25, 0.3) is 53.2 Å². The molecular weight excluding hydrogens is 2270 g/mol. The Balaban J connectivity index is 2.34. The minimum Gasteiger partial charge on any atom is -0.394 e. The van der Waals surface area contributed by atoms with Crippen LogP contribution in [0.25, 0.3) is 0 Å². The standard InChI is InChI=1S/C50H60I9N9O25/c51-27-21(30(54)36(65-47(90)39(82)18(79)11-72)31(55)22(27)44(87)62-4-15(76)8-69)42(85)60-1-2-68(50(93)26-29(53)25(46(89)64-6-17(78)10-71)34(58)38(35(26)59)67-49(92)41(84)20(81)13-74)7-14(75)3-61-43(86)23-28(52)24(45(88)63-5-16(77)9-70)33(57)37(32(23)56)66-48(91)40(83)19(80)12-73/h14-20,39-41,69-84H,1-13H2,(H,60,85)(H,61,86)(H,62,87)(H,63,88)(H,64,89)(H,65,90)(H,66,91)(H,67,92). The molecule has 43 heteroatoms. The van der Waals surface area contributed by atoms with Crippen molar-refractivity contribution in [1.29, 1.82) is 0 Å². The predicted octanol–water partition coefficient (Wildman–Crippen LogP) is -5.00. The lowest BCUT2D eigenvalue weighted by molar-refractivity contribution is -0.131. The van der Waals surface area contributed by atoms with E-state index in [0.29, 0.717) is 0 Å². The van der Waals surface area contributed by atoms with Gasteiger partial charge in [0.1, 0.15) is 18.3 Å². The first kappa shape index (κ1) is 86.0. The predicted molar refractivity (Wildman–Crippen MR) is 400 cm³/mol. The van der Waals surface area contributed by atoms with Gasteiger partial charge in [-0.3, -0.25) is 43.2 Å². The number of aliphatic hydroxyl groups excluding tert-OH is 16. The summed E-state index contributed by atoms with van der Waals surface area (Å²) in [5.74, 6) is -10.0. The summed E-state index contributed by atoms with van der Waals surface area (Å²) in [6.07, 6.45) is -19.0. The molecule has 0 fully saturated rings. The average Bonchev–Trinajstić information content (AvgIpc) is 0.783. The molecule has 0 spiro atoms. The number of rotatable bonds is 34. The van der Waals surface area contributed by atoms with E-state index in [0.717, 1.165) is 4.90 Å². The van der Waals surface area contributed by atoms with Gasteiger partial charge >= 0.3 is 0 Å². The highest BCUT2D eigenvalue weighted by molar-refractivity contribution is 14.1. The molecule has 0 aliphatic heterocycles. The monoisotopic (exact) mass is 2330 g/mol. The fraction of sp³-hybridized carbons (Fsp3) is 0.460. The van der Waals surface area contributed by atoms with Crippen molar-refractivity contribution in [3.63, 3.8) is 0 Å². The second kappa shape index (κ2) is 40.9. The van der Waals surface area contributed by atoms with E-state index in [1.807, 2.05) is 0 Å². The molecule has 0 saturated carbocycles. The highest BCUT2D eigenvalue weighted by Gasteiger charge is 2.37. The van der Waals surface area contributed by atoms with E-state index in [2.05, 4.69) is 42.5 Å². The second-order valence-electron chi connectivity index (χ2n) is 19.3. The summed E-state index contributed by atoms with van der Waals surface area (Å²) in [5, 5.41) is 179. The molecule has 0 saturated heterocycles. The van der Waals surface area contributed by atoms with Crippen LogP contribution in [0.5, 0.6) is 0 Å². The summed E-state index contributed by atoms with van der Waals surface area (Å²) in [4.78, 5) is 127. The van der Waals surface area contributed by atoms with Gasteiger partial charge in [-0.25, -0.2) is 0 Å². The number of nitrogens with zero attached hydrogens (tertiary/aromatic N) is 1. The number of hydrogen-bond acceptors (Lipinski definition) is 25. The Bertz CT molecular complexity index is 3270. The minimum absolute atomic E-state index is 0.0470. The normalized spacial score (nSPS) is 14.6. The third-order valence-electron chi connectivity index (χ3n) is 12.5. The molecule has 0 aliphatic rings. The summed E-state index contributed by atoms with van der Waals surface area (Å²) >= 11 is 14.7. The minimum atomic E-state index is -2.30. The Labute approximate surface area is 649 Å². The number of hydrogen-bond donors (Lipinski definition) is 24. The maximum Gasteiger partial charge on any atom is 0.256 e. The zero-order valence-corrected chi connectivity index (χ0v) is 66.6. The number of amides is 9. The molecule has 0 bridgehead atoms. The van der Waals surface area contributed by atoms with Crippen LogP contribution in [-0.4, -0.2) is 286 Å². The Morgan fingerprint density at radius 3 is 0.817 bits per heavy atom. The maximum atomic E-state index is 15.4. The van der Waals surface area contributed by atoms with Crippen LogP contribution in [0.1, 0.15) is 62.1 Å². The summed E-state index contributed by atoms with van der Waals surface area (Å²) in [7, 11) is 0. The molecule has 9 amide bonds. The van der Waals surface area contributed by atoms with E-state index < -0.39 is 205 Å². The van der Waals surface area contributed by atoms with E-state index in [1.54, 1.807) is 203 Å². The molecular formula is C50H60I9N9O25. The number of anilines is 3. The number of carbonyl (C=O) groups is 9. The largest absolute Gasteiger partial charge is 0.394 e. The number of nitrogens with one attached hydrogen (secondary N) is 8. The summed E-state index contributed by atoms with van der Waals surface area (Å²) in [6, 6.07) is 0. The first-order chi connectivity index (χ1) is 43.5. The van der Waals surface area contributed by atoms with Gasteiger partial charge in [0.05, 0.1) is 136 Å². The van der Waals surface area contributed by atoms with Crippen LogP contribution in [0.15, 0.2) is 0 Å². The van der Waals surface area contributed by atoms with Crippen molar-refractivity contribution in [1.82, 2.24) is 31.5 Å². The molecule has 10 atom stereocenters. The smallest absolute Gasteiger partial charge is 0.256 e. The third-order valence-corrected chi connectivity index (χ3v) is 22.2. The third kappa shape index (κ3) is 22.9. The van der Waals surface area contributed by atoms with Crippen LogP contribution in [0.2, 0.25) is 0 Å².